The van der Waals surface area contributed by atoms with Crippen LogP contribution in [0.2, 0.25) is 0 Å². The van der Waals surface area contributed by atoms with Crippen LogP contribution >= 0.6 is 0 Å². The number of pyridine rings is 1. The zero-order valence-electron chi connectivity index (χ0n) is 13.0. The van der Waals surface area contributed by atoms with Crippen LogP contribution in [0.4, 0.5) is 17.2 Å². The fraction of sp³-hybridized carbons (Fsp3) is 0.200. The number of hydrogen-bond acceptors (Lipinski definition) is 6. The molecule has 0 aliphatic heterocycles. The van der Waals surface area contributed by atoms with Crippen molar-refractivity contribution >= 4 is 23.1 Å². The van der Waals surface area contributed by atoms with E-state index in [-0.39, 0.29) is 17.7 Å². The van der Waals surface area contributed by atoms with E-state index < -0.39 is 27.1 Å². The number of nitro groups is 2. The number of amides is 1. The first-order chi connectivity index (χ1) is 11.4. The minimum absolute atomic E-state index is 0.0741. The normalized spacial score (nSPS) is 10.2. The number of benzene rings is 1. The summed E-state index contributed by atoms with van der Waals surface area (Å²) in [7, 11) is 0. The van der Waals surface area contributed by atoms with Crippen molar-refractivity contribution in [2.75, 3.05) is 11.4 Å². The summed E-state index contributed by atoms with van der Waals surface area (Å²) in [5.41, 5.74) is -0.995. The van der Waals surface area contributed by atoms with Crippen LogP contribution in [0.25, 0.3) is 0 Å². The van der Waals surface area contributed by atoms with Crippen molar-refractivity contribution in [2.45, 2.75) is 13.8 Å². The van der Waals surface area contributed by atoms with Crippen molar-refractivity contribution in [1.29, 1.82) is 0 Å². The molecule has 0 radical (unpaired) electrons. The van der Waals surface area contributed by atoms with Crippen LogP contribution in [0.5, 0.6) is 0 Å². The Morgan fingerprint density at radius 2 is 1.92 bits per heavy atom. The monoisotopic (exact) mass is 330 g/mol. The van der Waals surface area contributed by atoms with Crippen molar-refractivity contribution in [1.82, 2.24) is 4.98 Å². The highest BCUT2D eigenvalue weighted by Gasteiger charge is 2.27. The third-order valence-electron chi connectivity index (χ3n) is 3.49. The maximum Gasteiger partial charge on any atom is 0.279 e. The summed E-state index contributed by atoms with van der Waals surface area (Å²) in [4.78, 5) is 38.8. The molecule has 24 heavy (non-hydrogen) atoms. The standard InChI is InChI=1S/C15H14N4O5/c1-3-17(14-6-4-5-7-16-14)15(20)12-8-11(18(21)22)9-13(10(12)2)19(23)24/h4-9H,3H2,1-2H3. The van der Waals surface area contributed by atoms with Gasteiger partial charge in [-0.25, -0.2) is 4.98 Å². The van der Waals surface area contributed by atoms with Gasteiger partial charge in [0.15, 0.2) is 0 Å². The van der Waals surface area contributed by atoms with Crippen molar-refractivity contribution in [3.05, 3.63) is 67.9 Å². The van der Waals surface area contributed by atoms with Gasteiger partial charge < -0.3 is 0 Å². The Balaban J connectivity index is 2.59. The lowest BCUT2D eigenvalue weighted by Gasteiger charge is -2.20. The van der Waals surface area contributed by atoms with Gasteiger partial charge in [-0.15, -0.1) is 0 Å². The van der Waals surface area contributed by atoms with Gasteiger partial charge in [0.2, 0.25) is 0 Å². The van der Waals surface area contributed by atoms with Crippen molar-refractivity contribution in [3.8, 4) is 0 Å². The summed E-state index contributed by atoms with van der Waals surface area (Å²) in [6.45, 7) is 3.36. The number of aromatic nitrogens is 1. The zero-order valence-corrected chi connectivity index (χ0v) is 13.0. The van der Waals surface area contributed by atoms with E-state index >= 15 is 0 Å². The van der Waals surface area contributed by atoms with E-state index in [2.05, 4.69) is 4.98 Å². The molecule has 0 unspecified atom stereocenters. The Kier molecular flexibility index (Phi) is 4.83. The average Bonchev–Trinajstić information content (AvgIpc) is 2.56. The molecule has 124 valence electrons. The lowest BCUT2D eigenvalue weighted by atomic mass is 10.0. The Morgan fingerprint density at radius 3 is 2.42 bits per heavy atom. The van der Waals surface area contributed by atoms with Crippen LogP contribution in [0, 0.1) is 27.2 Å². The predicted molar refractivity (Wildman–Crippen MR) is 86.1 cm³/mol. The number of hydrogen-bond donors (Lipinski definition) is 0. The molecule has 1 amide bonds. The minimum atomic E-state index is -0.764. The molecule has 1 heterocycles. The lowest BCUT2D eigenvalue weighted by Crippen LogP contribution is -2.32. The number of non-ortho nitro benzene ring substituents is 1. The van der Waals surface area contributed by atoms with Gasteiger partial charge in [-0.2, -0.15) is 0 Å². The molecule has 0 fully saturated rings. The van der Waals surface area contributed by atoms with Gasteiger partial charge in [-0.3, -0.25) is 29.9 Å². The highest BCUT2D eigenvalue weighted by atomic mass is 16.6. The summed E-state index contributed by atoms with van der Waals surface area (Å²) in [5, 5.41) is 22.1. The Labute approximate surface area is 136 Å². The number of nitro benzene ring substituents is 2. The predicted octanol–water partition coefficient (Wildman–Crippen LogP) is 2.87. The SMILES string of the molecule is CCN(C(=O)c1cc([N+](=O)[O-])cc([N+](=O)[O-])c1C)c1ccccn1. The lowest BCUT2D eigenvalue weighted by molar-refractivity contribution is -0.394. The molecular weight excluding hydrogens is 316 g/mol. The van der Waals surface area contributed by atoms with Crippen LogP contribution in [0.3, 0.4) is 0 Å². The van der Waals surface area contributed by atoms with Crippen LogP contribution in [0.15, 0.2) is 36.5 Å². The average molecular weight is 330 g/mol. The molecule has 0 atom stereocenters. The Hall–Kier alpha value is -3.36. The number of anilines is 1. The molecule has 0 saturated carbocycles. The van der Waals surface area contributed by atoms with Gasteiger partial charge in [0.05, 0.1) is 21.5 Å². The van der Waals surface area contributed by atoms with E-state index in [1.54, 1.807) is 25.1 Å². The van der Waals surface area contributed by atoms with E-state index in [0.717, 1.165) is 12.1 Å². The first kappa shape index (κ1) is 17.0. The molecule has 2 aromatic rings. The van der Waals surface area contributed by atoms with Crippen molar-refractivity contribution in [2.24, 2.45) is 0 Å². The van der Waals surface area contributed by atoms with E-state index in [1.807, 2.05) is 0 Å². The molecule has 9 heteroatoms. The third kappa shape index (κ3) is 3.19. The summed E-state index contributed by atoms with van der Waals surface area (Å²) in [6, 6.07) is 6.90. The summed E-state index contributed by atoms with van der Waals surface area (Å²) >= 11 is 0. The van der Waals surface area contributed by atoms with Gasteiger partial charge in [0.1, 0.15) is 5.82 Å². The van der Waals surface area contributed by atoms with E-state index in [1.165, 1.54) is 18.0 Å². The van der Waals surface area contributed by atoms with Gasteiger partial charge in [-0.05, 0) is 26.0 Å². The summed E-state index contributed by atoms with van der Waals surface area (Å²) in [5.74, 6) is -0.223. The molecule has 0 bridgehead atoms. The molecule has 1 aromatic heterocycles. The first-order valence-corrected chi connectivity index (χ1v) is 7.03. The molecule has 0 spiro atoms. The number of nitrogens with zero attached hydrogens (tertiary/aromatic N) is 4. The topological polar surface area (TPSA) is 119 Å². The highest BCUT2D eigenvalue weighted by Crippen LogP contribution is 2.29. The number of carbonyl (C=O) groups excluding carboxylic acids is 1. The van der Waals surface area contributed by atoms with Crippen molar-refractivity contribution in [3.63, 3.8) is 0 Å². The van der Waals surface area contributed by atoms with Crippen LogP contribution < -0.4 is 4.90 Å². The molecule has 2 rings (SSSR count). The summed E-state index contributed by atoms with van der Waals surface area (Å²) in [6.07, 6.45) is 1.51. The second kappa shape index (κ2) is 6.82. The van der Waals surface area contributed by atoms with Gasteiger partial charge in [0, 0.05) is 24.4 Å². The fourth-order valence-corrected chi connectivity index (χ4v) is 2.27. The van der Waals surface area contributed by atoms with Gasteiger partial charge >= 0.3 is 0 Å². The number of carbonyl (C=O) groups is 1. The maximum absolute atomic E-state index is 12.8. The van der Waals surface area contributed by atoms with Crippen LogP contribution in [-0.4, -0.2) is 27.3 Å². The molecule has 0 saturated heterocycles. The highest BCUT2D eigenvalue weighted by molar-refractivity contribution is 6.07. The smallest absolute Gasteiger partial charge is 0.279 e. The molecule has 9 nitrogen and oxygen atoms in total. The van der Waals surface area contributed by atoms with Gasteiger partial charge in [-0.1, -0.05) is 6.07 Å². The zero-order chi connectivity index (χ0) is 17.9. The largest absolute Gasteiger partial charge is 0.293 e. The maximum atomic E-state index is 12.8. The summed E-state index contributed by atoms with van der Waals surface area (Å²) < 4.78 is 0. The van der Waals surface area contributed by atoms with Gasteiger partial charge in [0.25, 0.3) is 17.3 Å². The molecule has 1 aromatic carbocycles. The molecule has 0 aliphatic rings. The Morgan fingerprint density at radius 1 is 1.21 bits per heavy atom. The van der Waals surface area contributed by atoms with E-state index in [4.69, 9.17) is 0 Å². The first-order valence-electron chi connectivity index (χ1n) is 7.03. The second-order valence-corrected chi connectivity index (χ2v) is 4.89. The fourth-order valence-electron chi connectivity index (χ4n) is 2.27. The quantitative estimate of drug-likeness (QED) is 0.614. The Bertz CT molecular complexity index is 807. The third-order valence-corrected chi connectivity index (χ3v) is 3.49. The van der Waals surface area contributed by atoms with Crippen LogP contribution in [-0.2, 0) is 0 Å². The van der Waals surface area contributed by atoms with E-state index in [9.17, 15) is 25.0 Å². The van der Waals surface area contributed by atoms with Crippen molar-refractivity contribution < 1.29 is 14.6 Å². The van der Waals surface area contributed by atoms with Crippen LogP contribution in [0.1, 0.15) is 22.8 Å². The van der Waals surface area contributed by atoms with E-state index in [0.29, 0.717) is 5.82 Å². The second-order valence-electron chi connectivity index (χ2n) is 4.89. The molecule has 0 aliphatic carbocycles. The minimum Gasteiger partial charge on any atom is -0.293 e. The molecule has 0 N–H and O–H groups in total. The molecular formula is C15H14N4O5. The number of rotatable bonds is 5.